The van der Waals surface area contributed by atoms with Crippen LogP contribution < -0.4 is 5.32 Å². The summed E-state index contributed by atoms with van der Waals surface area (Å²) in [4.78, 5) is 41.1. The van der Waals surface area contributed by atoms with Crippen molar-refractivity contribution in [1.82, 2.24) is 30.3 Å². The van der Waals surface area contributed by atoms with Crippen LogP contribution in [-0.4, -0.2) is 56.0 Å². The number of hydrogen-bond donors (Lipinski definition) is 1. The van der Waals surface area contributed by atoms with Gasteiger partial charge in [0, 0.05) is 37.4 Å². The highest BCUT2D eigenvalue weighted by Gasteiger charge is 2.46. The summed E-state index contributed by atoms with van der Waals surface area (Å²) in [6, 6.07) is 3.09. The molecule has 1 saturated heterocycles. The first-order valence-electron chi connectivity index (χ1n) is 11.4. The predicted octanol–water partition coefficient (Wildman–Crippen LogP) is 2.81. The summed E-state index contributed by atoms with van der Waals surface area (Å²) >= 11 is 0. The lowest BCUT2D eigenvalue weighted by molar-refractivity contribution is -0.126. The van der Waals surface area contributed by atoms with E-state index in [9.17, 15) is 9.59 Å². The van der Waals surface area contributed by atoms with Crippen molar-refractivity contribution in [2.45, 2.75) is 50.5 Å². The van der Waals surface area contributed by atoms with E-state index in [1.165, 1.54) is 6.26 Å². The molecule has 2 aliphatic rings. The Labute approximate surface area is 190 Å². The van der Waals surface area contributed by atoms with Gasteiger partial charge < -0.3 is 19.2 Å². The number of rotatable bonds is 3. The van der Waals surface area contributed by atoms with Gasteiger partial charge in [0.25, 0.3) is 5.91 Å². The van der Waals surface area contributed by atoms with Crippen LogP contribution in [0.5, 0.6) is 0 Å². The fraction of sp³-hybridized carbons (Fsp3) is 0.478. The fourth-order valence-corrected chi connectivity index (χ4v) is 4.83. The van der Waals surface area contributed by atoms with Gasteiger partial charge in [0.2, 0.25) is 17.6 Å². The normalized spacial score (nSPS) is 24.1. The zero-order chi connectivity index (χ0) is 22.6. The molecule has 1 aliphatic heterocycles. The van der Waals surface area contributed by atoms with Gasteiger partial charge in [0.15, 0.2) is 5.76 Å². The number of aromatic nitrogens is 4. The number of nitrogens with one attached hydrogen (secondary N) is 1. The maximum Gasteiger partial charge on any atom is 0.289 e. The second kappa shape index (κ2) is 9.51. The van der Waals surface area contributed by atoms with Crippen molar-refractivity contribution in [3.8, 4) is 11.5 Å². The average Bonchev–Trinajstić information content (AvgIpc) is 3.60. The molecule has 0 bridgehead atoms. The summed E-state index contributed by atoms with van der Waals surface area (Å²) in [5, 5.41) is 7.12. The Morgan fingerprint density at radius 2 is 2.06 bits per heavy atom. The fourth-order valence-electron chi connectivity index (χ4n) is 4.83. The molecule has 2 amide bonds. The van der Waals surface area contributed by atoms with Crippen LogP contribution in [-0.2, 0) is 4.79 Å². The molecule has 3 atom stereocenters. The average molecular weight is 450 g/mol. The molecule has 1 N–H and O–H groups in total. The molecular weight excluding hydrogens is 424 g/mol. The van der Waals surface area contributed by atoms with Crippen molar-refractivity contribution >= 4 is 11.8 Å². The number of furan rings is 1. The molecule has 0 unspecified atom stereocenters. The van der Waals surface area contributed by atoms with E-state index in [4.69, 9.17) is 8.94 Å². The van der Waals surface area contributed by atoms with E-state index in [1.807, 2.05) is 4.90 Å². The molecule has 0 aromatic carbocycles. The van der Waals surface area contributed by atoms with E-state index >= 15 is 0 Å². The highest BCUT2D eigenvalue weighted by molar-refractivity contribution is 5.92. The highest BCUT2D eigenvalue weighted by Crippen LogP contribution is 2.41. The Hall–Kier alpha value is -3.56. The minimum absolute atomic E-state index is 0.0321. The van der Waals surface area contributed by atoms with E-state index in [1.54, 1.807) is 30.7 Å². The zero-order valence-electron chi connectivity index (χ0n) is 18.2. The van der Waals surface area contributed by atoms with Crippen LogP contribution in [0.4, 0.5) is 0 Å². The van der Waals surface area contributed by atoms with Crippen LogP contribution in [0, 0.1) is 5.92 Å². The first kappa shape index (κ1) is 21.3. The SMILES string of the molecule is O=C1NCCCCCCN(C(=O)c2ccco2)[C@H]2C[C@H](c3nc(-c4cnccn4)no3)C[C@@H]12. The minimum Gasteiger partial charge on any atom is -0.459 e. The monoisotopic (exact) mass is 450 g/mol. The lowest BCUT2D eigenvalue weighted by Gasteiger charge is -2.32. The van der Waals surface area contributed by atoms with Gasteiger partial charge in [-0.25, -0.2) is 4.98 Å². The maximum atomic E-state index is 13.3. The number of amides is 2. The Morgan fingerprint density at radius 3 is 2.88 bits per heavy atom. The molecule has 0 radical (unpaired) electrons. The van der Waals surface area contributed by atoms with Crippen LogP contribution in [0.3, 0.4) is 0 Å². The summed E-state index contributed by atoms with van der Waals surface area (Å²) < 4.78 is 11.0. The van der Waals surface area contributed by atoms with Gasteiger partial charge in [0.1, 0.15) is 5.69 Å². The highest BCUT2D eigenvalue weighted by atomic mass is 16.5. The molecule has 2 fully saturated rings. The third-order valence-electron chi connectivity index (χ3n) is 6.47. The molecule has 1 saturated carbocycles. The van der Waals surface area contributed by atoms with E-state index in [-0.39, 0.29) is 35.5 Å². The van der Waals surface area contributed by atoms with Crippen molar-refractivity contribution in [2.24, 2.45) is 5.92 Å². The standard InChI is InChI=1S/C23H26N6O4/c30-21-16-12-15(22-27-20(28-33-22)17-14-24-8-9-25-17)13-18(16)29(10-4-2-1-3-7-26-21)23(31)19-6-5-11-32-19/h5-6,8-9,11,14-16,18H,1-4,7,10,12-13H2,(H,26,30)/t15-,16-,18+/m1/s1. The van der Waals surface area contributed by atoms with Crippen molar-refractivity contribution in [3.63, 3.8) is 0 Å². The number of carbonyl (C=O) groups is 2. The Balaban J connectivity index is 1.43. The second-order valence-electron chi connectivity index (χ2n) is 8.57. The first-order valence-corrected chi connectivity index (χ1v) is 11.4. The molecule has 3 aromatic rings. The lowest BCUT2D eigenvalue weighted by atomic mass is 10.00. The molecule has 0 spiro atoms. The van der Waals surface area contributed by atoms with Crippen LogP contribution in [0.2, 0.25) is 0 Å². The topological polar surface area (TPSA) is 127 Å². The van der Waals surface area contributed by atoms with Crippen LogP contribution in [0.25, 0.3) is 11.5 Å². The van der Waals surface area contributed by atoms with Gasteiger partial charge in [-0.3, -0.25) is 14.6 Å². The molecule has 4 heterocycles. The van der Waals surface area contributed by atoms with E-state index < -0.39 is 0 Å². The summed E-state index contributed by atoms with van der Waals surface area (Å²) in [7, 11) is 0. The maximum absolute atomic E-state index is 13.3. The van der Waals surface area contributed by atoms with E-state index in [2.05, 4.69) is 25.4 Å². The molecule has 33 heavy (non-hydrogen) atoms. The van der Waals surface area contributed by atoms with E-state index in [0.29, 0.717) is 43.3 Å². The smallest absolute Gasteiger partial charge is 0.289 e. The molecular formula is C23H26N6O4. The molecule has 10 nitrogen and oxygen atoms in total. The Morgan fingerprint density at radius 1 is 1.15 bits per heavy atom. The molecule has 172 valence electrons. The van der Waals surface area contributed by atoms with Gasteiger partial charge in [-0.05, 0) is 37.8 Å². The summed E-state index contributed by atoms with van der Waals surface area (Å²) in [5.74, 6) is 0.380. The van der Waals surface area contributed by atoms with Gasteiger partial charge in [-0.15, -0.1) is 0 Å². The zero-order valence-corrected chi connectivity index (χ0v) is 18.2. The number of carbonyl (C=O) groups excluding carboxylic acids is 2. The van der Waals surface area contributed by atoms with Gasteiger partial charge >= 0.3 is 0 Å². The third kappa shape index (κ3) is 4.50. The number of fused-ring (bicyclic) bond motifs is 1. The van der Waals surface area contributed by atoms with Crippen molar-refractivity contribution in [2.75, 3.05) is 13.1 Å². The first-order chi connectivity index (χ1) is 16.2. The summed E-state index contributed by atoms with van der Waals surface area (Å²) in [5.41, 5.74) is 0.521. The van der Waals surface area contributed by atoms with Crippen LogP contribution in [0.15, 0.2) is 45.9 Å². The number of hydrogen-bond acceptors (Lipinski definition) is 8. The molecule has 3 aromatic heterocycles. The van der Waals surface area contributed by atoms with Crippen molar-refractivity contribution < 1.29 is 18.5 Å². The van der Waals surface area contributed by atoms with Gasteiger partial charge in [0.05, 0.1) is 18.4 Å². The quantitative estimate of drug-likeness (QED) is 0.645. The van der Waals surface area contributed by atoms with Crippen LogP contribution >= 0.6 is 0 Å². The molecule has 5 rings (SSSR count). The third-order valence-corrected chi connectivity index (χ3v) is 6.47. The van der Waals surface area contributed by atoms with Gasteiger partial charge in [-0.1, -0.05) is 18.0 Å². The Kier molecular flexibility index (Phi) is 6.14. The molecule has 10 heteroatoms. The second-order valence-corrected chi connectivity index (χ2v) is 8.57. The largest absolute Gasteiger partial charge is 0.459 e. The Bertz CT molecular complexity index is 1080. The minimum atomic E-state index is -0.362. The lowest BCUT2D eigenvalue weighted by Crippen LogP contribution is -2.47. The summed E-state index contributed by atoms with van der Waals surface area (Å²) in [6.07, 6.45) is 11.1. The molecule has 1 aliphatic carbocycles. The van der Waals surface area contributed by atoms with Crippen molar-refractivity contribution in [1.29, 1.82) is 0 Å². The van der Waals surface area contributed by atoms with E-state index in [0.717, 1.165) is 25.7 Å². The number of nitrogens with zero attached hydrogens (tertiary/aromatic N) is 5. The predicted molar refractivity (Wildman–Crippen MR) is 116 cm³/mol. The van der Waals surface area contributed by atoms with Crippen molar-refractivity contribution in [3.05, 3.63) is 48.6 Å². The van der Waals surface area contributed by atoms with Crippen LogP contribution in [0.1, 0.15) is 60.9 Å². The summed E-state index contributed by atoms with van der Waals surface area (Å²) in [6.45, 7) is 1.23. The van der Waals surface area contributed by atoms with Gasteiger partial charge in [-0.2, -0.15) is 4.98 Å².